The monoisotopic (exact) mass is 409 g/mol. The Hall–Kier alpha value is -2.58. The third kappa shape index (κ3) is 4.28. The number of aromatic nitrogens is 1. The predicted molar refractivity (Wildman–Crippen MR) is 99.3 cm³/mol. The molecule has 0 aliphatic carbocycles. The Morgan fingerprint density at radius 3 is 2.32 bits per heavy atom. The lowest BCUT2D eigenvalue weighted by Crippen LogP contribution is -2.07. The Morgan fingerprint density at radius 2 is 1.71 bits per heavy atom. The van der Waals surface area contributed by atoms with Gasteiger partial charge in [0.25, 0.3) is 0 Å². The summed E-state index contributed by atoms with van der Waals surface area (Å²) in [5.41, 5.74) is 1.62. The van der Waals surface area contributed by atoms with Crippen LogP contribution in [0.15, 0.2) is 54.9 Å². The van der Waals surface area contributed by atoms with Gasteiger partial charge < -0.3 is 4.55 Å². The smallest absolute Gasteiger partial charge is 0.306 e. The molecule has 3 rings (SSSR count). The molecular formula is C20H15F4NO2S. The van der Waals surface area contributed by atoms with Gasteiger partial charge >= 0.3 is 6.18 Å². The Kier molecular flexibility index (Phi) is 5.62. The summed E-state index contributed by atoms with van der Waals surface area (Å²) in [5, 5.41) is 0. The average Bonchev–Trinajstić information content (AvgIpc) is 2.62. The highest BCUT2D eigenvalue weighted by atomic mass is 32.2. The number of halogens is 4. The van der Waals surface area contributed by atoms with Crippen LogP contribution in [0.4, 0.5) is 17.6 Å². The molecule has 0 saturated heterocycles. The van der Waals surface area contributed by atoms with Crippen LogP contribution in [-0.2, 0) is 23.0 Å². The van der Waals surface area contributed by atoms with E-state index in [9.17, 15) is 21.8 Å². The third-order valence-corrected chi connectivity index (χ3v) is 4.86. The fraction of sp³-hybridized carbons (Fsp3) is 0.150. The zero-order chi connectivity index (χ0) is 20.5. The molecule has 0 spiro atoms. The number of hydrogen-bond donors (Lipinski definition) is 1. The van der Waals surface area contributed by atoms with Crippen LogP contribution >= 0.6 is 0 Å². The summed E-state index contributed by atoms with van der Waals surface area (Å²) in [4.78, 5) is 4.04. The molecule has 3 nitrogen and oxygen atoms in total. The lowest BCUT2D eigenvalue weighted by Gasteiger charge is -2.14. The molecule has 2 aromatic carbocycles. The van der Waals surface area contributed by atoms with E-state index in [1.807, 2.05) is 0 Å². The maximum Gasteiger partial charge on any atom is 0.416 e. The molecule has 3 aromatic rings. The molecule has 28 heavy (non-hydrogen) atoms. The highest BCUT2D eigenvalue weighted by Gasteiger charge is 2.32. The number of alkyl halides is 3. The van der Waals surface area contributed by atoms with Crippen molar-refractivity contribution < 1.29 is 26.3 Å². The zero-order valence-corrected chi connectivity index (χ0v) is 15.4. The van der Waals surface area contributed by atoms with Gasteiger partial charge in [-0.25, -0.2) is 8.60 Å². The Bertz CT molecular complexity index is 1050. The zero-order valence-electron chi connectivity index (χ0n) is 14.6. The van der Waals surface area contributed by atoms with E-state index in [2.05, 4.69) is 4.98 Å². The topological polar surface area (TPSA) is 50.2 Å². The van der Waals surface area contributed by atoms with Gasteiger partial charge in [-0.2, -0.15) is 13.2 Å². The molecule has 0 aliphatic heterocycles. The number of hydrogen-bond acceptors (Lipinski definition) is 2. The van der Waals surface area contributed by atoms with Crippen LogP contribution in [0.3, 0.4) is 0 Å². The standard InChI is InChI=1S/C20H15F4NO2S/c1-12-8-13(4-5-18(12)20(22,23)24)16-6-7-25-10-17(16)14-2-3-15(11-28(26)27)19(21)9-14/h2-10H,11H2,1H3,(H,26,27). The van der Waals surface area contributed by atoms with Crippen LogP contribution in [0.5, 0.6) is 0 Å². The first-order valence-electron chi connectivity index (χ1n) is 8.15. The molecule has 8 heteroatoms. The summed E-state index contributed by atoms with van der Waals surface area (Å²) in [6.45, 7) is 1.39. The van der Waals surface area contributed by atoms with Crippen molar-refractivity contribution in [3.63, 3.8) is 0 Å². The summed E-state index contributed by atoms with van der Waals surface area (Å²) in [7, 11) is 0. The van der Waals surface area contributed by atoms with E-state index in [-0.39, 0.29) is 16.9 Å². The largest absolute Gasteiger partial charge is 0.416 e. The van der Waals surface area contributed by atoms with E-state index >= 15 is 0 Å². The lowest BCUT2D eigenvalue weighted by molar-refractivity contribution is -0.138. The Labute approximate surface area is 161 Å². The molecule has 0 amide bonds. The first kappa shape index (κ1) is 20.2. The summed E-state index contributed by atoms with van der Waals surface area (Å²) < 4.78 is 73.1. The van der Waals surface area contributed by atoms with Crippen molar-refractivity contribution in [2.24, 2.45) is 0 Å². The molecule has 0 aliphatic rings. The van der Waals surface area contributed by atoms with Crippen molar-refractivity contribution >= 4 is 11.1 Å². The summed E-state index contributed by atoms with van der Waals surface area (Å²) in [6.07, 6.45) is -1.43. The molecule has 0 bridgehead atoms. The molecule has 0 fully saturated rings. The number of rotatable bonds is 4. The highest BCUT2D eigenvalue weighted by Crippen LogP contribution is 2.37. The SMILES string of the molecule is Cc1cc(-c2ccncc2-c2ccc(CS(=O)O)c(F)c2)ccc1C(F)(F)F. The van der Waals surface area contributed by atoms with E-state index in [0.717, 1.165) is 6.07 Å². The van der Waals surface area contributed by atoms with Crippen LogP contribution in [0.25, 0.3) is 22.3 Å². The van der Waals surface area contributed by atoms with Crippen LogP contribution in [0, 0.1) is 12.7 Å². The Morgan fingerprint density at radius 1 is 1.04 bits per heavy atom. The summed E-state index contributed by atoms with van der Waals surface area (Å²) >= 11 is -2.17. The van der Waals surface area contributed by atoms with Crippen molar-refractivity contribution in [1.29, 1.82) is 0 Å². The van der Waals surface area contributed by atoms with Gasteiger partial charge in [0.1, 0.15) is 5.82 Å². The minimum Gasteiger partial charge on any atom is -0.306 e. The first-order valence-corrected chi connectivity index (χ1v) is 9.43. The molecule has 146 valence electrons. The van der Waals surface area contributed by atoms with Crippen molar-refractivity contribution in [2.45, 2.75) is 18.9 Å². The maximum atomic E-state index is 14.3. The van der Waals surface area contributed by atoms with E-state index in [1.54, 1.807) is 12.1 Å². The lowest BCUT2D eigenvalue weighted by atomic mass is 9.93. The fourth-order valence-corrected chi connectivity index (χ4v) is 3.49. The van der Waals surface area contributed by atoms with Crippen molar-refractivity contribution in [3.8, 4) is 22.3 Å². The number of benzene rings is 2. The minimum absolute atomic E-state index is 0.0831. The van der Waals surface area contributed by atoms with Gasteiger partial charge in [-0.1, -0.05) is 24.3 Å². The van der Waals surface area contributed by atoms with Gasteiger partial charge in [-0.3, -0.25) is 4.98 Å². The molecule has 1 aromatic heterocycles. The second kappa shape index (κ2) is 7.81. The highest BCUT2D eigenvalue weighted by molar-refractivity contribution is 7.78. The maximum absolute atomic E-state index is 14.3. The Balaban J connectivity index is 2.07. The van der Waals surface area contributed by atoms with E-state index in [0.29, 0.717) is 22.3 Å². The average molecular weight is 409 g/mol. The van der Waals surface area contributed by atoms with Crippen molar-refractivity contribution in [3.05, 3.63) is 77.4 Å². The molecule has 1 unspecified atom stereocenters. The van der Waals surface area contributed by atoms with E-state index in [1.165, 1.54) is 43.6 Å². The van der Waals surface area contributed by atoms with Gasteiger partial charge in [-0.15, -0.1) is 0 Å². The summed E-state index contributed by atoms with van der Waals surface area (Å²) in [5.74, 6) is -0.970. The molecule has 1 N–H and O–H groups in total. The fourth-order valence-electron chi connectivity index (χ4n) is 2.99. The van der Waals surface area contributed by atoms with Crippen molar-refractivity contribution in [2.75, 3.05) is 0 Å². The normalized spacial score (nSPS) is 12.8. The predicted octanol–water partition coefficient (Wildman–Crippen LogP) is 5.60. The summed E-state index contributed by atoms with van der Waals surface area (Å²) in [6, 6.07) is 9.69. The first-order chi connectivity index (χ1) is 13.2. The van der Waals surface area contributed by atoms with Crippen LogP contribution in [-0.4, -0.2) is 13.7 Å². The molecular weight excluding hydrogens is 394 g/mol. The van der Waals surface area contributed by atoms with Gasteiger partial charge in [0, 0.05) is 23.5 Å². The van der Waals surface area contributed by atoms with Gasteiger partial charge in [-0.05, 0) is 47.4 Å². The number of nitrogens with zero attached hydrogens (tertiary/aromatic N) is 1. The van der Waals surface area contributed by atoms with Crippen molar-refractivity contribution in [1.82, 2.24) is 4.98 Å². The second-order valence-corrected chi connectivity index (χ2v) is 7.15. The molecule has 1 heterocycles. The van der Waals surface area contributed by atoms with Crippen LogP contribution < -0.4 is 0 Å². The molecule has 0 saturated carbocycles. The van der Waals surface area contributed by atoms with Gasteiger partial charge in [0.15, 0.2) is 11.1 Å². The quantitative estimate of drug-likeness (QED) is 0.451. The minimum atomic E-state index is -4.44. The number of pyridine rings is 1. The second-order valence-electron chi connectivity index (χ2n) is 6.22. The van der Waals surface area contributed by atoms with E-state index < -0.39 is 28.6 Å². The van der Waals surface area contributed by atoms with Crippen LogP contribution in [0.1, 0.15) is 16.7 Å². The van der Waals surface area contributed by atoms with Gasteiger partial charge in [0.2, 0.25) is 0 Å². The van der Waals surface area contributed by atoms with E-state index in [4.69, 9.17) is 4.55 Å². The third-order valence-electron chi connectivity index (χ3n) is 4.31. The molecule has 0 radical (unpaired) electrons. The van der Waals surface area contributed by atoms with Crippen LogP contribution in [0.2, 0.25) is 0 Å². The van der Waals surface area contributed by atoms with Gasteiger partial charge in [0.05, 0.1) is 11.3 Å². The number of aryl methyl sites for hydroxylation is 1. The molecule has 1 atom stereocenters.